The molecule has 0 aliphatic heterocycles. The lowest BCUT2D eigenvalue weighted by Gasteiger charge is -2.03. The zero-order chi connectivity index (χ0) is 10.2. The molecule has 0 saturated carbocycles. The first-order chi connectivity index (χ1) is 6.83. The Hall–Kier alpha value is -0.620. The van der Waals surface area contributed by atoms with Crippen LogP contribution in [-0.4, -0.2) is 19.2 Å². The number of carbonyl (C=O) groups is 1. The van der Waals surface area contributed by atoms with E-state index >= 15 is 0 Å². The minimum Gasteiger partial charge on any atom is -0.464 e. The number of carbonyl (C=O) groups excluding carboxylic acids is 1. The molecule has 1 aromatic carbocycles. The maximum absolute atomic E-state index is 10.9. The molecule has 0 heterocycles. The van der Waals surface area contributed by atoms with Crippen LogP contribution in [0.3, 0.4) is 0 Å². The highest BCUT2D eigenvalue weighted by Crippen LogP contribution is 1.99. The van der Waals surface area contributed by atoms with E-state index in [1.165, 1.54) is 0 Å². The zero-order valence-electron chi connectivity index (χ0n) is 7.61. The SMILES string of the molecule is O=C(COI)OCCc1ccccc1. The molecule has 0 bridgehead atoms. The van der Waals surface area contributed by atoms with Crippen molar-refractivity contribution in [1.82, 2.24) is 0 Å². The monoisotopic (exact) mass is 306 g/mol. The lowest BCUT2D eigenvalue weighted by molar-refractivity contribution is -0.145. The predicted octanol–water partition coefficient (Wildman–Crippen LogP) is 2.14. The van der Waals surface area contributed by atoms with Crippen molar-refractivity contribution in [2.75, 3.05) is 13.2 Å². The van der Waals surface area contributed by atoms with E-state index in [0.29, 0.717) is 6.61 Å². The van der Waals surface area contributed by atoms with Gasteiger partial charge in [0, 0.05) is 6.42 Å². The highest BCUT2D eigenvalue weighted by atomic mass is 127. The van der Waals surface area contributed by atoms with Gasteiger partial charge in [0.1, 0.15) is 23.0 Å². The van der Waals surface area contributed by atoms with Crippen LogP contribution < -0.4 is 0 Å². The Bertz CT molecular complexity index is 274. The first-order valence-corrected chi connectivity index (χ1v) is 5.14. The van der Waals surface area contributed by atoms with E-state index in [1.54, 1.807) is 23.0 Å². The van der Waals surface area contributed by atoms with Crippen LogP contribution in [0.5, 0.6) is 0 Å². The van der Waals surface area contributed by atoms with Crippen LogP contribution in [0.1, 0.15) is 5.56 Å². The molecule has 3 nitrogen and oxygen atoms in total. The van der Waals surface area contributed by atoms with Crippen molar-refractivity contribution < 1.29 is 12.6 Å². The topological polar surface area (TPSA) is 35.5 Å². The highest BCUT2D eigenvalue weighted by Gasteiger charge is 2.01. The van der Waals surface area contributed by atoms with Crippen molar-refractivity contribution in [2.45, 2.75) is 6.42 Å². The second-order valence-electron chi connectivity index (χ2n) is 2.71. The summed E-state index contributed by atoms with van der Waals surface area (Å²) in [5.41, 5.74) is 1.16. The standard InChI is InChI=1S/C10H11IO3/c11-14-8-10(12)13-7-6-9-4-2-1-3-5-9/h1-5H,6-8H2. The van der Waals surface area contributed by atoms with E-state index in [1.807, 2.05) is 30.3 Å². The lowest BCUT2D eigenvalue weighted by Crippen LogP contribution is -2.11. The second-order valence-corrected chi connectivity index (χ2v) is 3.33. The number of rotatable bonds is 5. The van der Waals surface area contributed by atoms with E-state index < -0.39 is 0 Å². The molecule has 0 N–H and O–H groups in total. The van der Waals surface area contributed by atoms with E-state index in [0.717, 1.165) is 12.0 Å². The number of benzene rings is 1. The van der Waals surface area contributed by atoms with Gasteiger partial charge in [-0.1, -0.05) is 30.3 Å². The van der Waals surface area contributed by atoms with Gasteiger partial charge in [0.2, 0.25) is 0 Å². The average molecular weight is 306 g/mol. The fraction of sp³-hybridized carbons (Fsp3) is 0.300. The molecular formula is C10H11IO3. The summed E-state index contributed by atoms with van der Waals surface area (Å²) in [6, 6.07) is 9.89. The van der Waals surface area contributed by atoms with Crippen molar-refractivity contribution in [1.29, 1.82) is 0 Å². The molecule has 0 amide bonds. The molecule has 0 aliphatic carbocycles. The number of halogens is 1. The highest BCUT2D eigenvalue weighted by molar-refractivity contribution is 14.1. The van der Waals surface area contributed by atoms with Crippen LogP contribution in [0.15, 0.2) is 30.3 Å². The Morgan fingerprint density at radius 2 is 2.00 bits per heavy atom. The van der Waals surface area contributed by atoms with Gasteiger partial charge in [-0.2, -0.15) is 0 Å². The third kappa shape index (κ3) is 4.57. The molecule has 1 rings (SSSR count). The van der Waals surface area contributed by atoms with Crippen LogP contribution in [0.4, 0.5) is 0 Å². The van der Waals surface area contributed by atoms with Crippen molar-refractivity contribution in [3.05, 3.63) is 35.9 Å². The van der Waals surface area contributed by atoms with Gasteiger partial charge in [0.25, 0.3) is 0 Å². The van der Waals surface area contributed by atoms with Gasteiger partial charge in [-0.15, -0.1) is 0 Å². The largest absolute Gasteiger partial charge is 0.464 e. The van der Waals surface area contributed by atoms with Gasteiger partial charge in [0.15, 0.2) is 6.61 Å². The number of hydrogen-bond donors (Lipinski definition) is 0. The van der Waals surface area contributed by atoms with E-state index in [2.05, 4.69) is 3.07 Å². The maximum atomic E-state index is 10.9. The first kappa shape index (κ1) is 11.5. The fourth-order valence-electron chi connectivity index (χ4n) is 1.01. The Kier molecular flexibility index (Phi) is 5.55. The summed E-state index contributed by atoms with van der Waals surface area (Å²) in [5, 5.41) is 0. The van der Waals surface area contributed by atoms with Crippen LogP contribution in [0, 0.1) is 0 Å². The molecule has 0 aromatic heterocycles. The molecule has 76 valence electrons. The van der Waals surface area contributed by atoms with Gasteiger partial charge in [-0.05, 0) is 5.56 Å². The second kappa shape index (κ2) is 6.78. The Balaban J connectivity index is 2.19. The van der Waals surface area contributed by atoms with Crippen molar-refractivity contribution in [3.63, 3.8) is 0 Å². The minimum absolute atomic E-state index is 0.00928. The van der Waals surface area contributed by atoms with Gasteiger partial charge in [0.05, 0.1) is 6.61 Å². The Labute approximate surface area is 97.1 Å². The van der Waals surface area contributed by atoms with Crippen LogP contribution >= 0.6 is 23.0 Å². The van der Waals surface area contributed by atoms with Gasteiger partial charge >= 0.3 is 5.97 Å². The fourth-order valence-corrected chi connectivity index (χ4v) is 1.27. The van der Waals surface area contributed by atoms with Gasteiger partial charge in [-0.25, -0.2) is 4.79 Å². The molecule has 0 atom stereocenters. The van der Waals surface area contributed by atoms with Crippen molar-refractivity contribution >= 4 is 29.0 Å². The normalized spacial score (nSPS) is 9.79. The average Bonchev–Trinajstić information content (AvgIpc) is 2.20. The molecular weight excluding hydrogens is 295 g/mol. The summed E-state index contributed by atoms with van der Waals surface area (Å²) in [6.45, 7) is 0.415. The summed E-state index contributed by atoms with van der Waals surface area (Å²) in [6.07, 6.45) is 0.744. The number of esters is 1. The molecule has 4 heteroatoms. The van der Waals surface area contributed by atoms with E-state index in [4.69, 9.17) is 4.74 Å². The quantitative estimate of drug-likeness (QED) is 0.617. The summed E-state index contributed by atoms with van der Waals surface area (Å²) in [7, 11) is 0. The molecule has 1 aromatic rings. The minimum atomic E-state index is -0.324. The molecule has 0 fully saturated rings. The van der Waals surface area contributed by atoms with Crippen LogP contribution in [0.25, 0.3) is 0 Å². The Morgan fingerprint density at radius 3 is 2.64 bits per heavy atom. The molecule has 0 radical (unpaired) electrons. The molecule has 0 unspecified atom stereocenters. The maximum Gasteiger partial charge on any atom is 0.333 e. The lowest BCUT2D eigenvalue weighted by atomic mass is 10.2. The van der Waals surface area contributed by atoms with E-state index in [9.17, 15) is 4.79 Å². The number of ether oxygens (including phenoxy) is 1. The zero-order valence-corrected chi connectivity index (χ0v) is 9.77. The molecule has 0 aliphatic rings. The summed E-state index contributed by atoms with van der Waals surface area (Å²) in [4.78, 5) is 10.9. The van der Waals surface area contributed by atoms with Crippen molar-refractivity contribution in [3.8, 4) is 0 Å². The Morgan fingerprint density at radius 1 is 1.29 bits per heavy atom. The summed E-state index contributed by atoms with van der Waals surface area (Å²) < 4.78 is 9.52. The summed E-state index contributed by atoms with van der Waals surface area (Å²) in [5.74, 6) is -0.324. The smallest absolute Gasteiger partial charge is 0.333 e. The molecule has 14 heavy (non-hydrogen) atoms. The molecule has 0 saturated heterocycles. The third-order valence-corrected chi connectivity index (χ3v) is 1.98. The molecule has 0 spiro atoms. The van der Waals surface area contributed by atoms with Gasteiger partial charge < -0.3 is 7.80 Å². The van der Waals surface area contributed by atoms with E-state index in [-0.39, 0.29) is 12.6 Å². The summed E-state index contributed by atoms with van der Waals surface area (Å²) >= 11 is 1.67. The van der Waals surface area contributed by atoms with Gasteiger partial charge in [-0.3, -0.25) is 0 Å². The number of hydrogen-bond acceptors (Lipinski definition) is 3. The third-order valence-electron chi connectivity index (χ3n) is 1.67. The predicted molar refractivity (Wildman–Crippen MR) is 61.1 cm³/mol. The van der Waals surface area contributed by atoms with Crippen molar-refractivity contribution in [2.24, 2.45) is 0 Å². The van der Waals surface area contributed by atoms with Crippen LogP contribution in [0.2, 0.25) is 0 Å². The van der Waals surface area contributed by atoms with Crippen LogP contribution in [-0.2, 0) is 19.0 Å². The first-order valence-electron chi connectivity index (χ1n) is 4.26.